The molecule has 0 heterocycles. The van der Waals surface area contributed by atoms with Gasteiger partial charge in [-0.1, -0.05) is 39.5 Å². The smallest absolute Gasteiger partial charge is 0.00773 e. The summed E-state index contributed by atoms with van der Waals surface area (Å²) >= 11 is 0. The lowest BCUT2D eigenvalue weighted by Crippen LogP contribution is -2.22. The topological polar surface area (TPSA) is 26.0 Å². The molecule has 0 aromatic carbocycles. The van der Waals surface area contributed by atoms with Gasteiger partial charge >= 0.3 is 0 Å². The summed E-state index contributed by atoms with van der Waals surface area (Å²) in [6.45, 7) is 5.71. The van der Waals surface area contributed by atoms with Crippen LogP contribution in [-0.4, -0.2) is 6.54 Å². The first kappa shape index (κ1) is 11.0. The van der Waals surface area contributed by atoms with Crippen LogP contribution in [0.4, 0.5) is 0 Å². The van der Waals surface area contributed by atoms with Crippen LogP contribution in [0.25, 0.3) is 0 Å². The van der Waals surface area contributed by atoms with Gasteiger partial charge in [0.1, 0.15) is 0 Å². The second kappa shape index (κ2) is 4.99. The summed E-state index contributed by atoms with van der Waals surface area (Å²) in [7, 11) is 0. The highest BCUT2D eigenvalue weighted by Crippen LogP contribution is 2.40. The van der Waals surface area contributed by atoms with Crippen molar-refractivity contribution in [3.05, 3.63) is 0 Å². The summed E-state index contributed by atoms with van der Waals surface area (Å²) in [5, 5.41) is 0. The Bertz CT molecular complexity index is 140. The second-order valence-corrected chi connectivity index (χ2v) is 5.41. The fourth-order valence-electron chi connectivity index (χ4n) is 2.68. The van der Waals surface area contributed by atoms with Crippen molar-refractivity contribution in [3.63, 3.8) is 0 Å². The average Bonchev–Trinajstić information content (AvgIpc) is 2.03. The van der Waals surface area contributed by atoms with Crippen LogP contribution in [0.5, 0.6) is 0 Å². The van der Waals surface area contributed by atoms with E-state index in [1.54, 1.807) is 0 Å². The van der Waals surface area contributed by atoms with E-state index < -0.39 is 0 Å². The van der Waals surface area contributed by atoms with Crippen LogP contribution < -0.4 is 5.73 Å². The number of unbranched alkanes of at least 4 members (excludes halogenated alkanes) is 1. The Morgan fingerprint density at radius 2 is 2.08 bits per heavy atom. The molecule has 2 N–H and O–H groups in total. The van der Waals surface area contributed by atoms with Crippen LogP contribution in [-0.2, 0) is 0 Å². The first-order chi connectivity index (χ1) is 6.14. The average molecular weight is 183 g/mol. The number of nitrogens with two attached hydrogens (primary N) is 1. The first-order valence-corrected chi connectivity index (χ1v) is 5.84. The van der Waals surface area contributed by atoms with E-state index in [0.717, 1.165) is 12.5 Å². The molecular weight excluding hydrogens is 158 g/mol. The van der Waals surface area contributed by atoms with Crippen LogP contribution in [0.15, 0.2) is 0 Å². The SMILES string of the molecule is CC1(C)CCCC(CCCCN)C1. The Morgan fingerprint density at radius 1 is 1.31 bits per heavy atom. The molecule has 1 heteroatoms. The molecule has 1 aliphatic rings. The molecule has 0 aromatic rings. The van der Waals surface area contributed by atoms with E-state index in [0.29, 0.717) is 5.41 Å². The minimum Gasteiger partial charge on any atom is -0.330 e. The van der Waals surface area contributed by atoms with Gasteiger partial charge in [-0.05, 0) is 37.1 Å². The minimum atomic E-state index is 0.617. The van der Waals surface area contributed by atoms with Gasteiger partial charge in [0.25, 0.3) is 0 Å². The van der Waals surface area contributed by atoms with E-state index in [-0.39, 0.29) is 0 Å². The highest BCUT2D eigenvalue weighted by atomic mass is 14.5. The molecule has 0 saturated heterocycles. The lowest BCUT2D eigenvalue weighted by atomic mass is 9.71. The summed E-state index contributed by atoms with van der Waals surface area (Å²) in [4.78, 5) is 0. The van der Waals surface area contributed by atoms with Gasteiger partial charge in [-0.2, -0.15) is 0 Å². The molecule has 0 aliphatic heterocycles. The van der Waals surface area contributed by atoms with Crippen molar-refractivity contribution in [1.29, 1.82) is 0 Å². The predicted octanol–water partition coefficient (Wildman–Crippen LogP) is 3.33. The maximum Gasteiger partial charge on any atom is -0.00773 e. The number of rotatable bonds is 4. The Labute approximate surface area is 83.1 Å². The molecule has 78 valence electrons. The summed E-state index contributed by atoms with van der Waals surface area (Å²) < 4.78 is 0. The van der Waals surface area contributed by atoms with Gasteiger partial charge in [-0.25, -0.2) is 0 Å². The summed E-state index contributed by atoms with van der Waals surface area (Å²) in [6.07, 6.45) is 9.76. The molecule has 13 heavy (non-hydrogen) atoms. The van der Waals surface area contributed by atoms with E-state index in [9.17, 15) is 0 Å². The van der Waals surface area contributed by atoms with Crippen molar-refractivity contribution in [1.82, 2.24) is 0 Å². The molecule has 1 saturated carbocycles. The minimum absolute atomic E-state index is 0.617. The standard InChI is InChI=1S/C12H25N/c1-12(2)8-5-7-11(10-12)6-3-4-9-13/h11H,3-10,13H2,1-2H3. The largest absolute Gasteiger partial charge is 0.330 e. The lowest BCUT2D eigenvalue weighted by molar-refractivity contribution is 0.171. The Balaban J connectivity index is 2.19. The van der Waals surface area contributed by atoms with Crippen molar-refractivity contribution in [2.45, 2.75) is 58.8 Å². The number of hydrogen-bond acceptors (Lipinski definition) is 1. The molecule has 0 spiro atoms. The van der Waals surface area contributed by atoms with Crippen LogP contribution in [0.3, 0.4) is 0 Å². The predicted molar refractivity (Wildman–Crippen MR) is 58.6 cm³/mol. The van der Waals surface area contributed by atoms with E-state index in [1.165, 1.54) is 44.9 Å². The summed E-state index contributed by atoms with van der Waals surface area (Å²) in [6, 6.07) is 0. The van der Waals surface area contributed by atoms with Gasteiger partial charge in [0.15, 0.2) is 0 Å². The van der Waals surface area contributed by atoms with E-state index >= 15 is 0 Å². The van der Waals surface area contributed by atoms with Gasteiger partial charge in [0, 0.05) is 0 Å². The Morgan fingerprint density at radius 3 is 2.69 bits per heavy atom. The van der Waals surface area contributed by atoms with Crippen molar-refractivity contribution in [3.8, 4) is 0 Å². The van der Waals surface area contributed by atoms with Crippen molar-refractivity contribution in [2.75, 3.05) is 6.54 Å². The monoisotopic (exact) mass is 183 g/mol. The normalized spacial score (nSPS) is 27.5. The summed E-state index contributed by atoms with van der Waals surface area (Å²) in [5.74, 6) is 0.996. The van der Waals surface area contributed by atoms with Crippen molar-refractivity contribution in [2.24, 2.45) is 17.1 Å². The zero-order valence-corrected chi connectivity index (χ0v) is 9.31. The quantitative estimate of drug-likeness (QED) is 0.665. The van der Waals surface area contributed by atoms with E-state index in [1.807, 2.05) is 0 Å². The molecule has 0 aromatic heterocycles. The molecular formula is C12H25N. The highest BCUT2D eigenvalue weighted by Gasteiger charge is 2.27. The maximum atomic E-state index is 5.50. The van der Waals surface area contributed by atoms with Gasteiger partial charge in [0.05, 0.1) is 0 Å². The van der Waals surface area contributed by atoms with Gasteiger partial charge in [-0.3, -0.25) is 0 Å². The summed E-state index contributed by atoms with van der Waals surface area (Å²) in [5.41, 5.74) is 6.11. The molecule has 1 fully saturated rings. The van der Waals surface area contributed by atoms with Gasteiger partial charge in [0.2, 0.25) is 0 Å². The van der Waals surface area contributed by atoms with Crippen LogP contribution in [0, 0.1) is 11.3 Å². The highest BCUT2D eigenvalue weighted by molar-refractivity contribution is 4.79. The molecule has 1 unspecified atom stereocenters. The third-order valence-electron chi connectivity index (χ3n) is 3.37. The van der Waals surface area contributed by atoms with Crippen molar-refractivity contribution < 1.29 is 0 Å². The van der Waals surface area contributed by atoms with Crippen LogP contribution >= 0.6 is 0 Å². The molecule has 1 nitrogen and oxygen atoms in total. The van der Waals surface area contributed by atoms with Crippen LogP contribution in [0.2, 0.25) is 0 Å². The zero-order chi connectivity index (χ0) is 9.73. The molecule has 0 amide bonds. The maximum absolute atomic E-state index is 5.50. The first-order valence-electron chi connectivity index (χ1n) is 5.84. The fraction of sp³-hybridized carbons (Fsp3) is 1.00. The molecule has 0 bridgehead atoms. The van der Waals surface area contributed by atoms with Gasteiger partial charge in [-0.15, -0.1) is 0 Å². The Kier molecular flexibility index (Phi) is 4.24. The van der Waals surface area contributed by atoms with E-state index in [2.05, 4.69) is 13.8 Å². The fourth-order valence-corrected chi connectivity index (χ4v) is 2.68. The number of hydrogen-bond donors (Lipinski definition) is 1. The lowest BCUT2D eigenvalue weighted by Gasteiger charge is -2.35. The Hall–Kier alpha value is -0.0400. The third kappa shape index (κ3) is 4.12. The molecule has 1 aliphatic carbocycles. The van der Waals surface area contributed by atoms with Crippen molar-refractivity contribution >= 4 is 0 Å². The van der Waals surface area contributed by atoms with Gasteiger partial charge < -0.3 is 5.73 Å². The van der Waals surface area contributed by atoms with E-state index in [4.69, 9.17) is 5.73 Å². The van der Waals surface area contributed by atoms with Crippen LogP contribution in [0.1, 0.15) is 58.8 Å². The second-order valence-electron chi connectivity index (χ2n) is 5.41. The zero-order valence-electron chi connectivity index (χ0n) is 9.31. The molecule has 1 atom stereocenters. The third-order valence-corrected chi connectivity index (χ3v) is 3.37. The molecule has 1 rings (SSSR count). The molecule has 0 radical (unpaired) electrons.